The van der Waals surface area contributed by atoms with E-state index in [2.05, 4.69) is 0 Å². The molecule has 0 aliphatic rings. The van der Waals surface area contributed by atoms with Gasteiger partial charge < -0.3 is 0 Å². The quantitative estimate of drug-likeness (QED) is 0.376. The van der Waals surface area contributed by atoms with Gasteiger partial charge in [0, 0.05) is 9.40 Å². The molecule has 0 bridgehead atoms. The summed E-state index contributed by atoms with van der Waals surface area (Å²) < 4.78 is 30.9. The second-order valence-electron chi connectivity index (χ2n) is 4.92. The van der Waals surface area contributed by atoms with E-state index in [9.17, 15) is 8.78 Å². The molecule has 0 N–H and O–H groups in total. The average molecular weight is 328 g/mol. The first kappa shape index (κ1) is 13.6. The Kier molecular flexibility index (Phi) is 3.28. The number of hydrogen-bond acceptors (Lipinski definition) is 2. The number of hydrogen-bond donors (Lipinski definition) is 0. The minimum absolute atomic E-state index is 0.330. The van der Waals surface area contributed by atoms with Crippen molar-refractivity contribution in [3.05, 3.63) is 70.4 Å². The van der Waals surface area contributed by atoms with Gasteiger partial charge in [0.2, 0.25) is 0 Å². The molecule has 0 aliphatic carbocycles. The number of rotatable bonds is 2. The van der Waals surface area contributed by atoms with Crippen molar-refractivity contribution in [1.82, 2.24) is 0 Å². The molecule has 0 fully saturated rings. The van der Waals surface area contributed by atoms with Crippen molar-refractivity contribution in [2.24, 2.45) is 0 Å². The fourth-order valence-electron chi connectivity index (χ4n) is 2.40. The summed E-state index contributed by atoms with van der Waals surface area (Å²) in [6.07, 6.45) is 0. The smallest absolute Gasteiger partial charge is 0.177 e. The number of halogens is 2. The van der Waals surface area contributed by atoms with Crippen LogP contribution in [0.4, 0.5) is 8.78 Å². The first-order valence-corrected chi connectivity index (χ1v) is 8.39. The van der Waals surface area contributed by atoms with Crippen LogP contribution in [0.2, 0.25) is 0 Å². The number of thiophene rings is 2. The molecular formula is C18H10F2S2. The van der Waals surface area contributed by atoms with Crippen LogP contribution < -0.4 is 0 Å². The molecule has 0 amide bonds. The van der Waals surface area contributed by atoms with E-state index in [0.29, 0.717) is 9.75 Å². The van der Waals surface area contributed by atoms with Crippen LogP contribution in [0, 0.1) is 0 Å². The van der Waals surface area contributed by atoms with E-state index in [1.54, 1.807) is 12.1 Å². The van der Waals surface area contributed by atoms with Crippen LogP contribution in [-0.2, 0) is 0 Å². The molecule has 4 aromatic rings. The van der Waals surface area contributed by atoms with E-state index in [-0.39, 0.29) is 0 Å². The Morgan fingerprint density at radius 2 is 1.05 bits per heavy atom. The average Bonchev–Trinajstić information content (AvgIpc) is 3.16. The van der Waals surface area contributed by atoms with Crippen LogP contribution in [0.5, 0.6) is 0 Å². The van der Waals surface area contributed by atoms with Gasteiger partial charge in [0.25, 0.3) is 0 Å². The summed E-state index contributed by atoms with van der Waals surface area (Å²) >= 11 is 2.53. The second-order valence-corrected chi connectivity index (χ2v) is 7.09. The zero-order valence-electron chi connectivity index (χ0n) is 11.3. The topological polar surface area (TPSA) is 0 Å². The summed E-state index contributed by atoms with van der Waals surface area (Å²) in [7, 11) is 0. The molecule has 0 radical (unpaired) electrons. The minimum atomic E-state index is -0.784. The summed E-state index contributed by atoms with van der Waals surface area (Å²) in [6.45, 7) is 0. The summed E-state index contributed by atoms with van der Waals surface area (Å²) in [6, 6.07) is 18.6. The van der Waals surface area contributed by atoms with Crippen LogP contribution in [0.1, 0.15) is 9.75 Å². The molecule has 0 aliphatic heterocycles. The third-order valence-electron chi connectivity index (χ3n) is 3.48. The molecule has 22 heavy (non-hydrogen) atoms. The highest BCUT2D eigenvalue weighted by Gasteiger charge is 2.16. The molecule has 2 aromatic heterocycles. The second kappa shape index (κ2) is 5.30. The molecule has 2 heterocycles. The van der Waals surface area contributed by atoms with E-state index in [0.717, 1.165) is 20.2 Å². The van der Waals surface area contributed by atoms with Crippen LogP contribution in [0.3, 0.4) is 0 Å². The highest BCUT2D eigenvalue weighted by atomic mass is 32.1. The van der Waals surface area contributed by atoms with Gasteiger partial charge in [-0.2, -0.15) is 0 Å². The lowest BCUT2D eigenvalue weighted by Gasteiger charge is -1.95. The van der Waals surface area contributed by atoms with Gasteiger partial charge in [-0.1, -0.05) is 36.4 Å². The van der Waals surface area contributed by atoms with Gasteiger partial charge in [-0.3, -0.25) is 0 Å². The summed E-state index contributed by atoms with van der Waals surface area (Å²) in [5.74, 6) is -1.57. The van der Waals surface area contributed by atoms with Crippen molar-refractivity contribution < 1.29 is 8.78 Å². The van der Waals surface area contributed by atoms with Crippen molar-refractivity contribution in [2.45, 2.75) is 0 Å². The Labute approximate surface area is 134 Å². The zero-order valence-corrected chi connectivity index (χ0v) is 13.0. The van der Waals surface area contributed by atoms with E-state index in [1.807, 2.05) is 48.5 Å². The maximum Gasteiger partial charge on any atom is 0.177 e. The van der Waals surface area contributed by atoms with Crippen molar-refractivity contribution in [1.29, 1.82) is 0 Å². The SMILES string of the molecule is F/C(=C(\F)c1cc2ccccc2s1)c1cc2ccccc2s1. The predicted octanol–water partition coefficient (Wildman–Crippen LogP) is 6.88. The third kappa shape index (κ3) is 2.25. The normalized spacial score (nSPS) is 12.8. The van der Waals surface area contributed by atoms with Crippen LogP contribution in [0.25, 0.3) is 31.8 Å². The lowest BCUT2D eigenvalue weighted by Crippen LogP contribution is -1.76. The van der Waals surface area contributed by atoms with E-state index in [4.69, 9.17) is 0 Å². The Morgan fingerprint density at radius 3 is 1.45 bits per heavy atom. The summed E-state index contributed by atoms with van der Waals surface area (Å²) in [5.41, 5.74) is 0. The van der Waals surface area contributed by atoms with Gasteiger partial charge in [-0.05, 0) is 35.0 Å². The molecule has 4 rings (SSSR count). The molecule has 0 nitrogen and oxygen atoms in total. The Bertz CT molecular complexity index is 860. The van der Waals surface area contributed by atoms with E-state index >= 15 is 0 Å². The van der Waals surface area contributed by atoms with Crippen molar-refractivity contribution in [3.8, 4) is 0 Å². The number of fused-ring (bicyclic) bond motifs is 2. The zero-order chi connectivity index (χ0) is 15.1. The van der Waals surface area contributed by atoms with Crippen molar-refractivity contribution in [2.75, 3.05) is 0 Å². The summed E-state index contributed by atoms with van der Waals surface area (Å²) in [5, 5.41) is 1.86. The molecule has 108 valence electrons. The van der Waals surface area contributed by atoms with Gasteiger partial charge in [-0.15, -0.1) is 22.7 Å². The maximum absolute atomic E-state index is 14.5. The summed E-state index contributed by atoms with van der Waals surface area (Å²) in [4.78, 5) is 0.660. The van der Waals surface area contributed by atoms with Crippen LogP contribution in [0.15, 0.2) is 60.7 Å². The van der Waals surface area contributed by atoms with Crippen LogP contribution in [-0.4, -0.2) is 0 Å². The highest BCUT2D eigenvalue weighted by Crippen LogP contribution is 2.39. The van der Waals surface area contributed by atoms with Gasteiger partial charge in [0.05, 0.1) is 9.75 Å². The van der Waals surface area contributed by atoms with Crippen molar-refractivity contribution >= 4 is 54.5 Å². The molecule has 4 heteroatoms. The lowest BCUT2D eigenvalue weighted by molar-refractivity contribution is 0.705. The monoisotopic (exact) mass is 328 g/mol. The minimum Gasteiger partial charge on any atom is -0.202 e. The highest BCUT2D eigenvalue weighted by molar-refractivity contribution is 7.21. The fraction of sp³-hybridized carbons (Fsp3) is 0. The maximum atomic E-state index is 14.5. The molecule has 0 saturated heterocycles. The molecular weight excluding hydrogens is 318 g/mol. The first-order chi connectivity index (χ1) is 10.7. The molecule has 0 spiro atoms. The van der Waals surface area contributed by atoms with Gasteiger partial charge in [0.1, 0.15) is 0 Å². The van der Waals surface area contributed by atoms with E-state index < -0.39 is 11.7 Å². The van der Waals surface area contributed by atoms with Crippen molar-refractivity contribution in [3.63, 3.8) is 0 Å². The van der Waals surface area contributed by atoms with Gasteiger partial charge in [-0.25, -0.2) is 8.78 Å². The third-order valence-corrected chi connectivity index (χ3v) is 5.69. The molecule has 0 atom stereocenters. The van der Waals surface area contributed by atoms with Crippen LogP contribution >= 0.6 is 22.7 Å². The standard InChI is InChI=1S/C18H10F2S2/c19-17(15-9-11-5-1-3-7-13(11)21-15)18(20)16-10-12-6-2-4-8-14(12)22-16/h1-10H/b18-17-. The lowest BCUT2D eigenvalue weighted by atomic mass is 10.2. The fourth-order valence-corrected chi connectivity index (χ4v) is 4.38. The number of benzene rings is 2. The molecule has 2 aromatic carbocycles. The molecule has 0 saturated carbocycles. The molecule has 0 unspecified atom stereocenters. The van der Waals surface area contributed by atoms with Gasteiger partial charge >= 0.3 is 0 Å². The first-order valence-electron chi connectivity index (χ1n) is 6.75. The van der Waals surface area contributed by atoms with Gasteiger partial charge in [0.15, 0.2) is 11.7 Å². The predicted molar refractivity (Wildman–Crippen MR) is 92.7 cm³/mol. The largest absolute Gasteiger partial charge is 0.202 e. The van der Waals surface area contributed by atoms with E-state index in [1.165, 1.54) is 22.7 Å². The Balaban J connectivity index is 1.84. The Hall–Kier alpha value is -2.04. The Morgan fingerprint density at radius 1 is 0.636 bits per heavy atom.